The van der Waals surface area contributed by atoms with Crippen LogP contribution >= 0.6 is 0 Å². The highest BCUT2D eigenvalue weighted by atomic mass is 16.2. The van der Waals surface area contributed by atoms with E-state index in [1.54, 1.807) is 6.20 Å². The topological polar surface area (TPSA) is 48.5 Å². The molecule has 21 heavy (non-hydrogen) atoms. The van der Waals surface area contributed by atoms with Crippen LogP contribution in [0.15, 0.2) is 18.3 Å². The van der Waals surface area contributed by atoms with Crippen molar-refractivity contribution in [3.8, 4) is 0 Å². The summed E-state index contributed by atoms with van der Waals surface area (Å²) in [5.74, 6) is 0.775. The van der Waals surface area contributed by atoms with Crippen molar-refractivity contribution < 1.29 is 4.79 Å². The number of aromatic nitrogens is 1. The molecule has 1 amide bonds. The van der Waals surface area contributed by atoms with E-state index < -0.39 is 0 Å². The number of nitrogens with zero attached hydrogens (tertiary/aromatic N) is 3. The molecule has 0 saturated carbocycles. The SMILES string of the molecule is CCNc1ncccc1C(=O)N1CCN(C(C)CC)CC1. The van der Waals surface area contributed by atoms with E-state index in [9.17, 15) is 4.79 Å². The lowest BCUT2D eigenvalue weighted by Gasteiger charge is -2.38. The fourth-order valence-corrected chi connectivity index (χ4v) is 2.68. The van der Waals surface area contributed by atoms with Crippen LogP contribution in [0.25, 0.3) is 0 Å². The molecule has 0 bridgehead atoms. The fraction of sp³-hybridized carbons (Fsp3) is 0.625. The molecule has 5 heteroatoms. The number of anilines is 1. The highest BCUT2D eigenvalue weighted by Gasteiger charge is 2.25. The monoisotopic (exact) mass is 290 g/mol. The zero-order valence-corrected chi connectivity index (χ0v) is 13.3. The Bertz CT molecular complexity index is 469. The summed E-state index contributed by atoms with van der Waals surface area (Å²) in [5, 5.41) is 3.16. The molecule has 0 aliphatic carbocycles. The van der Waals surface area contributed by atoms with Gasteiger partial charge in [-0.15, -0.1) is 0 Å². The lowest BCUT2D eigenvalue weighted by molar-refractivity contribution is 0.0580. The highest BCUT2D eigenvalue weighted by molar-refractivity contribution is 5.98. The molecule has 2 rings (SSSR count). The molecule has 1 N–H and O–H groups in total. The summed E-state index contributed by atoms with van der Waals surface area (Å²) in [6, 6.07) is 4.27. The summed E-state index contributed by atoms with van der Waals surface area (Å²) in [6.07, 6.45) is 2.87. The fourth-order valence-electron chi connectivity index (χ4n) is 2.68. The van der Waals surface area contributed by atoms with Crippen molar-refractivity contribution in [2.75, 3.05) is 38.0 Å². The summed E-state index contributed by atoms with van der Waals surface area (Å²) in [7, 11) is 0. The van der Waals surface area contributed by atoms with E-state index in [2.05, 4.69) is 29.0 Å². The average Bonchev–Trinajstić information content (AvgIpc) is 2.54. The number of carbonyl (C=O) groups is 1. The van der Waals surface area contributed by atoms with Gasteiger partial charge in [-0.1, -0.05) is 6.92 Å². The molecule has 1 fully saturated rings. The summed E-state index contributed by atoms with van der Waals surface area (Å²) >= 11 is 0. The Labute approximate surface area is 127 Å². The molecule has 1 aliphatic heterocycles. The number of piperazine rings is 1. The van der Waals surface area contributed by atoms with Crippen molar-refractivity contribution in [1.29, 1.82) is 0 Å². The molecule has 1 unspecified atom stereocenters. The smallest absolute Gasteiger partial charge is 0.257 e. The second kappa shape index (κ2) is 7.41. The van der Waals surface area contributed by atoms with Crippen LogP contribution in [-0.4, -0.2) is 59.5 Å². The first-order valence-corrected chi connectivity index (χ1v) is 7.89. The maximum absolute atomic E-state index is 12.7. The van der Waals surface area contributed by atoms with Crippen LogP contribution in [0.1, 0.15) is 37.6 Å². The van der Waals surface area contributed by atoms with Crippen molar-refractivity contribution in [1.82, 2.24) is 14.8 Å². The van der Waals surface area contributed by atoms with Gasteiger partial charge < -0.3 is 10.2 Å². The van der Waals surface area contributed by atoms with E-state index in [-0.39, 0.29) is 5.91 Å². The van der Waals surface area contributed by atoms with Gasteiger partial charge in [0.05, 0.1) is 5.56 Å². The predicted octanol–water partition coefficient (Wildman–Crippen LogP) is 2.07. The number of pyridine rings is 1. The van der Waals surface area contributed by atoms with Gasteiger partial charge in [0.1, 0.15) is 5.82 Å². The molecule has 1 saturated heterocycles. The molecular formula is C16H26N4O. The number of nitrogens with one attached hydrogen (secondary N) is 1. The molecule has 1 aliphatic rings. The molecule has 116 valence electrons. The summed E-state index contributed by atoms with van der Waals surface area (Å²) in [4.78, 5) is 21.3. The normalized spacial score (nSPS) is 17.6. The number of hydrogen-bond acceptors (Lipinski definition) is 4. The summed E-state index contributed by atoms with van der Waals surface area (Å²) in [6.45, 7) is 10.7. The molecule has 1 aromatic rings. The largest absolute Gasteiger partial charge is 0.370 e. The van der Waals surface area contributed by atoms with Crippen molar-refractivity contribution >= 4 is 11.7 Å². The quantitative estimate of drug-likeness (QED) is 0.902. The van der Waals surface area contributed by atoms with Crippen molar-refractivity contribution in [2.45, 2.75) is 33.2 Å². The van der Waals surface area contributed by atoms with Crippen LogP contribution in [0.2, 0.25) is 0 Å². The van der Waals surface area contributed by atoms with E-state index in [1.807, 2.05) is 24.0 Å². The molecular weight excluding hydrogens is 264 g/mol. The van der Waals surface area contributed by atoms with Crippen LogP contribution in [-0.2, 0) is 0 Å². The zero-order valence-electron chi connectivity index (χ0n) is 13.3. The van der Waals surface area contributed by atoms with Gasteiger partial charge in [0.25, 0.3) is 5.91 Å². The van der Waals surface area contributed by atoms with E-state index in [4.69, 9.17) is 0 Å². The maximum Gasteiger partial charge on any atom is 0.257 e. The van der Waals surface area contributed by atoms with E-state index in [0.717, 1.165) is 39.1 Å². The van der Waals surface area contributed by atoms with Gasteiger partial charge in [-0.2, -0.15) is 0 Å². The van der Waals surface area contributed by atoms with E-state index in [1.165, 1.54) is 0 Å². The Kier molecular flexibility index (Phi) is 5.56. The first kappa shape index (κ1) is 15.8. The Morgan fingerprint density at radius 2 is 2.05 bits per heavy atom. The minimum Gasteiger partial charge on any atom is -0.370 e. The Balaban J connectivity index is 2.02. The van der Waals surface area contributed by atoms with Crippen molar-refractivity contribution in [3.63, 3.8) is 0 Å². The highest BCUT2D eigenvalue weighted by Crippen LogP contribution is 2.16. The second-order valence-electron chi connectivity index (χ2n) is 5.52. The number of carbonyl (C=O) groups excluding carboxylic acids is 1. The third-order valence-electron chi connectivity index (χ3n) is 4.20. The zero-order chi connectivity index (χ0) is 15.2. The Hall–Kier alpha value is -1.62. The molecule has 1 aromatic heterocycles. The molecule has 5 nitrogen and oxygen atoms in total. The van der Waals surface area contributed by atoms with Crippen molar-refractivity contribution in [2.24, 2.45) is 0 Å². The van der Waals surface area contributed by atoms with Gasteiger partial charge in [0.2, 0.25) is 0 Å². The number of amides is 1. The van der Waals surface area contributed by atoms with Gasteiger partial charge in [-0.25, -0.2) is 4.98 Å². The summed E-state index contributed by atoms with van der Waals surface area (Å²) in [5.41, 5.74) is 0.677. The minimum atomic E-state index is 0.0860. The first-order chi connectivity index (χ1) is 10.2. The van der Waals surface area contributed by atoms with Crippen LogP contribution in [0, 0.1) is 0 Å². The maximum atomic E-state index is 12.7. The van der Waals surface area contributed by atoms with Crippen LogP contribution in [0.3, 0.4) is 0 Å². The van der Waals surface area contributed by atoms with E-state index in [0.29, 0.717) is 17.4 Å². The third-order valence-corrected chi connectivity index (χ3v) is 4.20. The van der Waals surface area contributed by atoms with Crippen molar-refractivity contribution in [3.05, 3.63) is 23.9 Å². The molecule has 2 heterocycles. The Morgan fingerprint density at radius 1 is 1.33 bits per heavy atom. The third kappa shape index (κ3) is 3.73. The first-order valence-electron chi connectivity index (χ1n) is 7.89. The standard InChI is InChI=1S/C16H26N4O/c1-4-13(3)19-9-11-20(12-10-19)16(21)14-7-6-8-18-15(14)17-5-2/h6-8,13H,4-5,9-12H2,1-3H3,(H,17,18). The van der Waals surface area contributed by atoms with Crippen LogP contribution in [0.4, 0.5) is 5.82 Å². The van der Waals surface area contributed by atoms with Gasteiger partial charge in [0.15, 0.2) is 0 Å². The number of hydrogen-bond donors (Lipinski definition) is 1. The van der Waals surface area contributed by atoms with Gasteiger partial charge in [-0.05, 0) is 32.4 Å². The van der Waals surface area contributed by atoms with Gasteiger partial charge in [0, 0.05) is 45.0 Å². The Morgan fingerprint density at radius 3 is 2.67 bits per heavy atom. The summed E-state index contributed by atoms with van der Waals surface area (Å²) < 4.78 is 0. The lowest BCUT2D eigenvalue weighted by atomic mass is 10.1. The van der Waals surface area contributed by atoms with Crippen LogP contribution in [0.5, 0.6) is 0 Å². The molecule has 0 spiro atoms. The second-order valence-corrected chi connectivity index (χ2v) is 5.52. The number of rotatable bonds is 5. The minimum absolute atomic E-state index is 0.0860. The van der Waals surface area contributed by atoms with Gasteiger partial charge >= 0.3 is 0 Å². The molecule has 1 atom stereocenters. The van der Waals surface area contributed by atoms with Crippen LogP contribution < -0.4 is 5.32 Å². The van der Waals surface area contributed by atoms with Gasteiger partial charge in [-0.3, -0.25) is 9.69 Å². The van der Waals surface area contributed by atoms with E-state index >= 15 is 0 Å². The predicted molar refractivity (Wildman–Crippen MR) is 85.6 cm³/mol. The lowest BCUT2D eigenvalue weighted by Crippen LogP contribution is -2.51. The molecule has 0 aromatic carbocycles. The molecule has 0 radical (unpaired) electrons. The average molecular weight is 290 g/mol.